The molecule has 1 aromatic rings. The fourth-order valence-electron chi connectivity index (χ4n) is 4.94. The Morgan fingerprint density at radius 3 is 1.57 bits per heavy atom. The Morgan fingerprint density at radius 2 is 1.12 bits per heavy atom. The zero-order chi connectivity index (χ0) is 36.4. The van der Waals surface area contributed by atoms with Crippen molar-refractivity contribution < 1.29 is 14.4 Å². The molecule has 0 aliphatic heterocycles. The van der Waals surface area contributed by atoms with Crippen molar-refractivity contribution in [2.24, 2.45) is 50.1 Å². The zero-order valence-electron chi connectivity index (χ0n) is 29.4. The van der Waals surface area contributed by atoms with Crippen molar-refractivity contribution in [3.8, 4) is 0 Å². The van der Waals surface area contributed by atoms with Gasteiger partial charge in [-0.25, -0.2) is 0 Å². The molecule has 0 fully saturated rings. The molecule has 278 valence electrons. The van der Waals surface area contributed by atoms with E-state index in [4.69, 9.17) is 40.1 Å². The number of hydrogen-bond donors (Lipinski definition) is 10. The van der Waals surface area contributed by atoms with E-state index in [1.54, 1.807) is 0 Å². The summed E-state index contributed by atoms with van der Waals surface area (Å²) < 4.78 is 0. The van der Waals surface area contributed by atoms with Gasteiger partial charge in [-0.1, -0.05) is 19.1 Å². The minimum atomic E-state index is -0.577. The molecular formula is C33H63N13O3. The Kier molecular flexibility index (Phi) is 22.8. The summed E-state index contributed by atoms with van der Waals surface area (Å²) in [6.45, 7) is 6.33. The number of hydrogen-bond acceptors (Lipinski definition) is 9. The van der Waals surface area contributed by atoms with Crippen molar-refractivity contribution in [3.63, 3.8) is 0 Å². The number of guanidine groups is 2. The third-order valence-electron chi connectivity index (χ3n) is 7.95. The van der Waals surface area contributed by atoms with Gasteiger partial charge < -0.3 is 61.0 Å². The maximum Gasteiger partial charge on any atom is 0.241 e. The predicted octanol–water partition coefficient (Wildman–Crippen LogP) is -0.848. The average molecular weight is 690 g/mol. The first kappa shape index (κ1) is 43.0. The van der Waals surface area contributed by atoms with E-state index in [9.17, 15) is 14.4 Å². The van der Waals surface area contributed by atoms with Crippen LogP contribution in [0.3, 0.4) is 0 Å². The van der Waals surface area contributed by atoms with Gasteiger partial charge in [0.1, 0.15) is 0 Å². The number of nitrogens with zero attached hydrogens (tertiary/aromatic N) is 3. The number of aliphatic imine (C=N–C) groups is 2. The first-order valence-corrected chi connectivity index (χ1v) is 17.5. The van der Waals surface area contributed by atoms with Crippen LogP contribution in [0.4, 0.5) is 5.69 Å². The lowest BCUT2D eigenvalue weighted by Crippen LogP contribution is -2.42. The molecule has 1 aromatic carbocycles. The molecule has 3 atom stereocenters. The van der Waals surface area contributed by atoms with Crippen molar-refractivity contribution in [2.45, 2.75) is 95.7 Å². The van der Waals surface area contributed by atoms with Gasteiger partial charge in [-0.3, -0.25) is 24.4 Å². The molecule has 16 nitrogen and oxygen atoms in total. The van der Waals surface area contributed by atoms with E-state index < -0.39 is 18.1 Å². The molecule has 1 rings (SSSR count). The van der Waals surface area contributed by atoms with Crippen LogP contribution in [0.5, 0.6) is 0 Å². The molecule has 0 aromatic heterocycles. The molecule has 0 unspecified atom stereocenters. The van der Waals surface area contributed by atoms with Gasteiger partial charge in [-0.15, -0.1) is 0 Å². The van der Waals surface area contributed by atoms with Crippen LogP contribution in [0.15, 0.2) is 34.3 Å². The monoisotopic (exact) mass is 690 g/mol. The largest absolute Gasteiger partial charge is 0.370 e. The van der Waals surface area contributed by atoms with E-state index in [-0.39, 0.29) is 29.6 Å². The van der Waals surface area contributed by atoms with Gasteiger partial charge in [-0.2, -0.15) is 0 Å². The van der Waals surface area contributed by atoms with Gasteiger partial charge in [0.05, 0.1) is 18.1 Å². The molecule has 3 amide bonds. The minimum Gasteiger partial charge on any atom is -0.370 e. The molecule has 17 N–H and O–H groups in total. The van der Waals surface area contributed by atoms with Crippen LogP contribution < -0.4 is 56.1 Å². The normalized spacial score (nSPS) is 12.8. The summed E-state index contributed by atoms with van der Waals surface area (Å²) in [4.78, 5) is 47.2. The Bertz CT molecular complexity index is 1090. The lowest BCUT2D eigenvalue weighted by Gasteiger charge is -2.23. The third kappa shape index (κ3) is 21.6. The maximum atomic E-state index is 12.5. The fraction of sp³-hybridized carbons (Fsp3) is 0.667. The lowest BCUT2D eigenvalue weighted by atomic mass is 10.1. The minimum absolute atomic E-state index is 0.0580. The van der Waals surface area contributed by atoms with Crippen molar-refractivity contribution in [1.29, 1.82) is 0 Å². The quantitative estimate of drug-likeness (QED) is 0.0308. The van der Waals surface area contributed by atoms with E-state index in [0.717, 1.165) is 82.3 Å². The molecular weight excluding hydrogens is 626 g/mol. The number of aryl methyl sites for hydroxylation is 1. The number of carbonyl (C=O) groups is 3. The Labute approximate surface area is 291 Å². The van der Waals surface area contributed by atoms with Gasteiger partial charge in [0.15, 0.2) is 11.9 Å². The van der Waals surface area contributed by atoms with Gasteiger partial charge in [0.25, 0.3) is 0 Å². The maximum absolute atomic E-state index is 12.5. The second-order valence-electron chi connectivity index (χ2n) is 12.3. The van der Waals surface area contributed by atoms with Crippen molar-refractivity contribution in [1.82, 2.24) is 15.5 Å². The number of amides is 3. The van der Waals surface area contributed by atoms with Crippen LogP contribution in [0.2, 0.25) is 0 Å². The Balaban J connectivity index is 2.54. The van der Waals surface area contributed by atoms with Crippen molar-refractivity contribution in [2.75, 3.05) is 51.1 Å². The zero-order valence-corrected chi connectivity index (χ0v) is 29.4. The Morgan fingerprint density at radius 1 is 0.653 bits per heavy atom. The number of anilines is 1. The smallest absolute Gasteiger partial charge is 0.241 e. The van der Waals surface area contributed by atoms with E-state index in [1.165, 1.54) is 0 Å². The molecule has 0 aliphatic rings. The SMILES string of the molecule is CC[C@H](N)C(=O)Nc1ccc(CCCN(CCCNC(=O)[C@H](N)CCCCN=C(N)N)CCCNC(=O)[C@H](N)CCCCN=C(N)N)cc1. The molecule has 0 heterocycles. The van der Waals surface area contributed by atoms with Crippen LogP contribution in [-0.4, -0.2) is 98.5 Å². The molecule has 0 saturated heterocycles. The molecule has 0 spiro atoms. The van der Waals surface area contributed by atoms with Crippen LogP contribution >= 0.6 is 0 Å². The number of nitrogens with one attached hydrogen (secondary N) is 3. The third-order valence-corrected chi connectivity index (χ3v) is 7.95. The summed E-state index contributed by atoms with van der Waals surface area (Å²) in [5.74, 6) is -0.411. The second-order valence-corrected chi connectivity index (χ2v) is 12.3. The molecule has 49 heavy (non-hydrogen) atoms. The van der Waals surface area contributed by atoms with Crippen LogP contribution in [0.25, 0.3) is 0 Å². The van der Waals surface area contributed by atoms with Crippen molar-refractivity contribution in [3.05, 3.63) is 29.8 Å². The number of unbranched alkanes of at least 4 members (excludes halogenated alkanes) is 2. The standard InChI is InChI=1S/C33H63N13O3/c1-2-26(34)31(49)45-25-15-13-24(14-16-25)10-7-21-46(22-8-19-41-29(47)27(35)11-3-5-17-43-32(37)38)23-9-20-42-30(48)28(36)12-4-6-18-44-33(39)40/h13-16,26-28H,2-12,17-23,34-36H2,1H3,(H,41,47)(H,42,48)(H,45,49)(H4,37,38,43)(H4,39,40,44)/t26-,27+,28+/m0/s1. The molecule has 0 aliphatic carbocycles. The van der Waals surface area contributed by atoms with Crippen LogP contribution in [0, 0.1) is 0 Å². The summed E-state index contributed by atoms with van der Waals surface area (Å²) in [6.07, 6.45) is 8.02. The predicted molar refractivity (Wildman–Crippen MR) is 198 cm³/mol. The van der Waals surface area contributed by atoms with Crippen molar-refractivity contribution >= 4 is 35.3 Å². The number of rotatable bonds is 27. The van der Waals surface area contributed by atoms with Gasteiger partial charge >= 0.3 is 0 Å². The highest BCUT2D eigenvalue weighted by Crippen LogP contribution is 2.12. The molecule has 0 radical (unpaired) electrons. The van der Waals surface area contributed by atoms with E-state index in [1.807, 2.05) is 31.2 Å². The van der Waals surface area contributed by atoms with Gasteiger partial charge in [0, 0.05) is 31.9 Å². The highest BCUT2D eigenvalue weighted by Gasteiger charge is 2.15. The highest BCUT2D eigenvalue weighted by atomic mass is 16.2. The summed E-state index contributed by atoms with van der Waals surface area (Å²) in [5.41, 5.74) is 41.1. The fourth-order valence-corrected chi connectivity index (χ4v) is 4.94. The average Bonchev–Trinajstić information content (AvgIpc) is 3.07. The molecule has 0 saturated carbocycles. The summed E-state index contributed by atoms with van der Waals surface area (Å²) in [5, 5.41) is 8.74. The molecule has 0 bridgehead atoms. The summed E-state index contributed by atoms with van der Waals surface area (Å²) in [6, 6.07) is 6.12. The van der Waals surface area contributed by atoms with E-state index >= 15 is 0 Å². The van der Waals surface area contributed by atoms with Gasteiger partial charge in [-0.05, 0) is 108 Å². The van der Waals surface area contributed by atoms with E-state index in [0.29, 0.717) is 45.4 Å². The number of benzene rings is 1. The number of nitrogens with two attached hydrogens (primary N) is 7. The number of carbonyl (C=O) groups excluding carboxylic acids is 3. The highest BCUT2D eigenvalue weighted by molar-refractivity contribution is 5.94. The second kappa shape index (κ2) is 26.0. The van der Waals surface area contributed by atoms with Gasteiger partial charge in [0.2, 0.25) is 17.7 Å². The summed E-state index contributed by atoms with van der Waals surface area (Å²) >= 11 is 0. The Hall–Kier alpha value is -3.99. The lowest BCUT2D eigenvalue weighted by molar-refractivity contribution is -0.123. The van der Waals surface area contributed by atoms with Crippen LogP contribution in [0.1, 0.15) is 76.7 Å². The first-order valence-electron chi connectivity index (χ1n) is 17.5. The van der Waals surface area contributed by atoms with Crippen LogP contribution in [-0.2, 0) is 20.8 Å². The summed E-state index contributed by atoms with van der Waals surface area (Å²) in [7, 11) is 0. The first-order chi connectivity index (χ1) is 23.4. The van der Waals surface area contributed by atoms with E-state index in [2.05, 4.69) is 30.8 Å². The topological polar surface area (TPSA) is 297 Å². The molecule has 16 heteroatoms.